The summed E-state index contributed by atoms with van der Waals surface area (Å²) in [6.45, 7) is 0. The molecule has 4 aliphatic carbocycles. The maximum atomic E-state index is 14.0. The summed E-state index contributed by atoms with van der Waals surface area (Å²) in [5.74, 6) is 2.69. The van der Waals surface area contributed by atoms with E-state index in [1.165, 1.54) is 51.4 Å². The van der Waals surface area contributed by atoms with Gasteiger partial charge in [0.1, 0.15) is 6.20 Å². The lowest BCUT2D eigenvalue weighted by Gasteiger charge is -2.73. The third-order valence-corrected chi connectivity index (χ3v) is 10.6. The van der Waals surface area contributed by atoms with E-state index in [1.807, 2.05) is 28.8 Å². The molecule has 6 aliphatic rings. The summed E-state index contributed by atoms with van der Waals surface area (Å²) >= 11 is 0. The standard InChI is InChI=1S/C28H32N6O3/c35-24-15-29-34(27(37)31-24)25-26(36)32(23-7-2-1-6-22(23)30-25)20-11-18-4-3-5-19(12-20)33(18)28-13-16-8-9-21(28)17(10-16)14-28/h1-2,6-7,15-21H,3-5,8-14H2,(H,31,35,37)/t16-,17+,18-,19+,20?,21?,28-/m1/s1. The highest BCUT2D eigenvalue weighted by Crippen LogP contribution is 2.67. The van der Waals surface area contributed by atoms with E-state index in [0.717, 1.165) is 47.0 Å². The number of hydrogen-bond donors (Lipinski definition) is 1. The Morgan fingerprint density at radius 3 is 2.46 bits per heavy atom. The summed E-state index contributed by atoms with van der Waals surface area (Å²) in [6, 6.07) is 8.67. The van der Waals surface area contributed by atoms with Gasteiger partial charge >= 0.3 is 5.69 Å². The third-order valence-electron chi connectivity index (χ3n) is 10.6. The zero-order valence-corrected chi connectivity index (χ0v) is 20.9. The van der Waals surface area contributed by atoms with Crippen LogP contribution in [-0.2, 0) is 0 Å². The molecule has 0 radical (unpaired) electrons. The molecular weight excluding hydrogens is 468 g/mol. The second-order valence-corrected chi connectivity index (χ2v) is 12.3. The third kappa shape index (κ3) is 3.03. The Labute approximate surface area is 213 Å². The second kappa shape index (κ2) is 7.72. The fraction of sp³-hybridized carbons (Fsp3) is 0.607. The second-order valence-electron chi connectivity index (χ2n) is 12.3. The quantitative estimate of drug-likeness (QED) is 0.593. The normalized spacial score (nSPS) is 36.4. The van der Waals surface area contributed by atoms with Gasteiger partial charge in [-0.15, -0.1) is 0 Å². The number of piperidine rings is 2. The van der Waals surface area contributed by atoms with E-state index in [2.05, 4.69) is 20.0 Å². The van der Waals surface area contributed by atoms with Gasteiger partial charge in [0, 0.05) is 23.7 Å². The van der Waals surface area contributed by atoms with Crippen LogP contribution in [0.4, 0.5) is 0 Å². The molecule has 2 aromatic heterocycles. The minimum Gasteiger partial charge on any atom is -0.300 e. The van der Waals surface area contributed by atoms with Gasteiger partial charge in [-0.2, -0.15) is 9.78 Å². The van der Waals surface area contributed by atoms with Gasteiger partial charge in [0.15, 0.2) is 0 Å². The molecule has 1 aromatic carbocycles. The Bertz CT molecular complexity index is 1580. The van der Waals surface area contributed by atoms with Crippen molar-refractivity contribution < 1.29 is 0 Å². The number of hydrogen-bond acceptors (Lipinski definition) is 6. The zero-order valence-electron chi connectivity index (χ0n) is 20.9. The monoisotopic (exact) mass is 500 g/mol. The molecular formula is C28H32N6O3. The molecule has 7 atom stereocenters. The molecule has 37 heavy (non-hydrogen) atoms. The van der Waals surface area contributed by atoms with Gasteiger partial charge in [0.05, 0.1) is 11.0 Å². The van der Waals surface area contributed by atoms with E-state index in [1.54, 1.807) is 0 Å². The maximum Gasteiger partial charge on any atom is 0.351 e. The van der Waals surface area contributed by atoms with Crippen LogP contribution in [0.5, 0.6) is 0 Å². The molecule has 0 spiro atoms. The maximum absolute atomic E-state index is 14.0. The first-order valence-corrected chi connectivity index (χ1v) is 14.0. The van der Waals surface area contributed by atoms with Crippen LogP contribution in [0.2, 0.25) is 0 Å². The van der Waals surface area contributed by atoms with Crippen molar-refractivity contribution in [2.24, 2.45) is 17.8 Å². The Morgan fingerprint density at radius 2 is 1.73 bits per heavy atom. The highest BCUT2D eigenvalue weighted by molar-refractivity contribution is 5.75. The molecule has 2 saturated heterocycles. The molecule has 6 fully saturated rings. The first kappa shape index (κ1) is 22.0. The van der Waals surface area contributed by atoms with E-state index in [4.69, 9.17) is 0 Å². The number of H-pyrrole nitrogens is 1. The molecule has 192 valence electrons. The van der Waals surface area contributed by atoms with E-state index >= 15 is 0 Å². The molecule has 6 bridgehead atoms. The average molecular weight is 501 g/mol. The molecule has 4 saturated carbocycles. The highest BCUT2D eigenvalue weighted by atomic mass is 16.2. The van der Waals surface area contributed by atoms with Gasteiger partial charge in [-0.3, -0.25) is 19.5 Å². The number of benzene rings is 1. The van der Waals surface area contributed by atoms with Crippen molar-refractivity contribution >= 4 is 11.0 Å². The van der Waals surface area contributed by atoms with Crippen LogP contribution in [-0.4, -0.2) is 46.8 Å². The van der Waals surface area contributed by atoms with Crippen molar-refractivity contribution in [3.63, 3.8) is 0 Å². The number of fused-ring (bicyclic) bond motifs is 4. The van der Waals surface area contributed by atoms with Gasteiger partial charge in [-0.05, 0) is 81.3 Å². The molecule has 2 aliphatic heterocycles. The van der Waals surface area contributed by atoms with Crippen LogP contribution in [0, 0.1) is 17.8 Å². The van der Waals surface area contributed by atoms with Crippen LogP contribution in [0.1, 0.15) is 70.3 Å². The summed E-state index contributed by atoms with van der Waals surface area (Å²) in [5, 5.41) is 3.94. The largest absolute Gasteiger partial charge is 0.351 e. The van der Waals surface area contributed by atoms with Crippen molar-refractivity contribution in [3.05, 3.63) is 61.7 Å². The lowest BCUT2D eigenvalue weighted by molar-refractivity contribution is -0.221. The van der Waals surface area contributed by atoms with Gasteiger partial charge in [0.25, 0.3) is 11.1 Å². The summed E-state index contributed by atoms with van der Waals surface area (Å²) < 4.78 is 2.81. The van der Waals surface area contributed by atoms with E-state index < -0.39 is 11.2 Å². The Hall–Kier alpha value is -3.07. The lowest BCUT2D eigenvalue weighted by Crippen LogP contribution is -2.75. The fourth-order valence-electron chi connectivity index (χ4n) is 9.50. The SMILES string of the molecule is O=c1cnn(-c2nc3ccccc3n(C3C[C@H]4CCC[C@@H](C3)N4[C@@]34C[C@@H]5CCC3[C@@H](C5)C4)c2=O)c(=O)[nH]1. The van der Waals surface area contributed by atoms with Crippen LogP contribution in [0.15, 0.2) is 44.8 Å². The predicted octanol–water partition coefficient (Wildman–Crippen LogP) is 2.77. The fourth-order valence-corrected chi connectivity index (χ4v) is 9.50. The summed E-state index contributed by atoms with van der Waals surface area (Å²) in [5.41, 5.74) is 0.179. The number of aromatic nitrogens is 5. The Balaban J connectivity index is 1.22. The van der Waals surface area contributed by atoms with Gasteiger partial charge in [0.2, 0.25) is 5.82 Å². The lowest BCUT2D eigenvalue weighted by atomic mass is 9.42. The van der Waals surface area contributed by atoms with Gasteiger partial charge in [-0.25, -0.2) is 9.78 Å². The first-order chi connectivity index (χ1) is 18.0. The molecule has 9 nitrogen and oxygen atoms in total. The van der Waals surface area contributed by atoms with Crippen molar-refractivity contribution in [2.75, 3.05) is 0 Å². The minimum atomic E-state index is -0.753. The van der Waals surface area contributed by atoms with Crippen LogP contribution in [0.25, 0.3) is 16.9 Å². The molecule has 2 unspecified atom stereocenters. The van der Waals surface area contributed by atoms with Gasteiger partial charge in [-0.1, -0.05) is 25.0 Å². The molecule has 9 heteroatoms. The van der Waals surface area contributed by atoms with Crippen molar-refractivity contribution in [1.29, 1.82) is 0 Å². The number of rotatable bonds is 3. The van der Waals surface area contributed by atoms with Crippen molar-refractivity contribution in [2.45, 2.75) is 87.9 Å². The molecule has 0 amide bonds. The smallest absolute Gasteiger partial charge is 0.300 e. The first-order valence-electron chi connectivity index (χ1n) is 14.0. The number of nitrogens with zero attached hydrogens (tertiary/aromatic N) is 5. The average Bonchev–Trinajstić information content (AvgIpc) is 2.88. The Morgan fingerprint density at radius 1 is 0.919 bits per heavy atom. The van der Waals surface area contributed by atoms with Crippen molar-refractivity contribution in [1.82, 2.24) is 29.2 Å². The van der Waals surface area contributed by atoms with Crippen LogP contribution in [0.3, 0.4) is 0 Å². The molecule has 9 rings (SSSR count). The number of para-hydroxylation sites is 2. The number of aromatic amines is 1. The minimum absolute atomic E-state index is 0.0391. The summed E-state index contributed by atoms with van der Waals surface area (Å²) in [4.78, 5) is 47.8. The topological polar surface area (TPSA) is 106 Å². The van der Waals surface area contributed by atoms with E-state index in [-0.39, 0.29) is 17.4 Å². The summed E-state index contributed by atoms with van der Waals surface area (Å²) in [6.07, 6.45) is 13.6. The van der Waals surface area contributed by atoms with E-state index in [9.17, 15) is 14.4 Å². The number of nitrogens with one attached hydrogen (secondary N) is 1. The van der Waals surface area contributed by atoms with Crippen molar-refractivity contribution in [3.8, 4) is 5.82 Å². The van der Waals surface area contributed by atoms with E-state index in [0.29, 0.717) is 23.1 Å². The predicted molar refractivity (Wildman–Crippen MR) is 138 cm³/mol. The van der Waals surface area contributed by atoms with Gasteiger partial charge < -0.3 is 4.57 Å². The van der Waals surface area contributed by atoms with Crippen LogP contribution >= 0.6 is 0 Å². The molecule has 1 N–H and O–H groups in total. The Kier molecular flexibility index (Phi) is 4.58. The van der Waals surface area contributed by atoms with Crippen LogP contribution < -0.4 is 16.8 Å². The molecule has 3 aromatic rings. The highest BCUT2D eigenvalue weighted by Gasteiger charge is 2.65. The molecule has 4 heterocycles. The zero-order chi connectivity index (χ0) is 24.9. The summed E-state index contributed by atoms with van der Waals surface area (Å²) in [7, 11) is 0.